The first-order valence-electron chi connectivity index (χ1n) is 3.74. The Balaban J connectivity index is 3.57. The van der Waals surface area contributed by atoms with E-state index in [0.717, 1.165) is 12.8 Å². The van der Waals surface area contributed by atoms with Crippen molar-refractivity contribution in [3.05, 3.63) is 36.5 Å². The Morgan fingerprint density at radius 1 is 1.50 bits per heavy atom. The van der Waals surface area contributed by atoms with Gasteiger partial charge in [-0.25, -0.2) is 0 Å². The highest BCUT2D eigenvalue weighted by atomic mass is 13.9. The highest BCUT2D eigenvalue weighted by Gasteiger charge is 1.80. The smallest absolute Gasteiger partial charge is 0.0138 e. The van der Waals surface area contributed by atoms with Gasteiger partial charge in [-0.15, -0.1) is 0 Å². The van der Waals surface area contributed by atoms with Crippen molar-refractivity contribution >= 4 is 0 Å². The first-order chi connectivity index (χ1) is 4.81. The largest absolute Gasteiger partial charge is 0.0991 e. The molecule has 0 N–H and O–H groups in total. The van der Waals surface area contributed by atoms with Gasteiger partial charge in [-0.2, -0.15) is 0 Å². The lowest BCUT2D eigenvalue weighted by atomic mass is 10.2. The van der Waals surface area contributed by atoms with Gasteiger partial charge >= 0.3 is 0 Å². The average Bonchev–Trinajstić information content (AvgIpc) is 1.89. The van der Waals surface area contributed by atoms with Gasteiger partial charge in [-0.05, 0) is 19.8 Å². The number of rotatable bonds is 4. The number of hydrogen-bond acceptors (Lipinski definition) is 0. The van der Waals surface area contributed by atoms with Gasteiger partial charge in [0, 0.05) is 0 Å². The first-order valence-corrected chi connectivity index (χ1v) is 3.74. The van der Waals surface area contributed by atoms with Crippen LogP contribution >= 0.6 is 0 Å². The fourth-order valence-corrected chi connectivity index (χ4v) is 0.782. The molecule has 0 nitrogen and oxygen atoms in total. The van der Waals surface area contributed by atoms with Crippen molar-refractivity contribution < 1.29 is 0 Å². The summed E-state index contributed by atoms with van der Waals surface area (Å²) in [6.07, 6.45) is 10.3. The van der Waals surface area contributed by atoms with E-state index in [9.17, 15) is 0 Å². The quantitative estimate of drug-likeness (QED) is 0.410. The molecule has 0 fully saturated rings. The molecule has 0 aliphatic carbocycles. The molecule has 56 valence electrons. The maximum Gasteiger partial charge on any atom is -0.0138 e. The summed E-state index contributed by atoms with van der Waals surface area (Å²) in [5, 5.41) is 0. The minimum absolute atomic E-state index is 1.06. The van der Waals surface area contributed by atoms with Crippen molar-refractivity contribution in [3.8, 4) is 0 Å². The Morgan fingerprint density at radius 2 is 2.20 bits per heavy atom. The second kappa shape index (κ2) is 6.34. The van der Waals surface area contributed by atoms with E-state index in [2.05, 4.69) is 32.6 Å². The predicted molar refractivity (Wildman–Crippen MR) is 48.0 cm³/mol. The molecule has 0 aromatic rings. The lowest BCUT2D eigenvalue weighted by Crippen LogP contribution is -1.70. The highest BCUT2D eigenvalue weighted by Crippen LogP contribution is 2.01. The van der Waals surface area contributed by atoms with Gasteiger partial charge < -0.3 is 0 Å². The molecule has 0 spiro atoms. The second-order valence-electron chi connectivity index (χ2n) is 2.33. The second-order valence-corrected chi connectivity index (χ2v) is 2.33. The summed E-state index contributed by atoms with van der Waals surface area (Å²) in [5.41, 5.74) is 1.43. The predicted octanol–water partition coefficient (Wildman–Crippen LogP) is 3.48. The fourth-order valence-electron chi connectivity index (χ4n) is 0.782. The Kier molecular flexibility index (Phi) is 5.85. The Bertz CT molecular complexity index is 138. The molecule has 0 amide bonds. The topological polar surface area (TPSA) is 0 Å². The van der Waals surface area contributed by atoms with Crippen LogP contribution < -0.4 is 0 Å². The summed E-state index contributed by atoms with van der Waals surface area (Å²) in [7, 11) is 0. The van der Waals surface area contributed by atoms with Crippen LogP contribution in [0, 0.1) is 0 Å². The zero-order chi connectivity index (χ0) is 7.82. The molecule has 0 bridgehead atoms. The van der Waals surface area contributed by atoms with E-state index in [1.54, 1.807) is 6.08 Å². The van der Waals surface area contributed by atoms with E-state index in [4.69, 9.17) is 0 Å². The number of hydrogen-bond donors (Lipinski definition) is 0. The molecule has 0 aromatic heterocycles. The molecule has 10 heavy (non-hydrogen) atoms. The van der Waals surface area contributed by atoms with Gasteiger partial charge in [-0.1, -0.05) is 43.4 Å². The van der Waals surface area contributed by atoms with E-state index in [-0.39, 0.29) is 0 Å². The lowest BCUT2D eigenvalue weighted by Gasteiger charge is -1.91. The monoisotopic (exact) mass is 136 g/mol. The van der Waals surface area contributed by atoms with E-state index in [1.165, 1.54) is 5.57 Å². The van der Waals surface area contributed by atoms with Gasteiger partial charge in [0.2, 0.25) is 0 Å². The fraction of sp³-hybridized carbons (Fsp3) is 0.400. The molecule has 0 radical (unpaired) electrons. The van der Waals surface area contributed by atoms with Crippen LogP contribution in [0.1, 0.15) is 26.7 Å². The summed E-state index contributed by atoms with van der Waals surface area (Å²) in [4.78, 5) is 0. The average molecular weight is 136 g/mol. The Hall–Kier alpha value is -0.780. The van der Waals surface area contributed by atoms with Crippen molar-refractivity contribution in [1.82, 2.24) is 0 Å². The maximum atomic E-state index is 3.60. The minimum Gasteiger partial charge on any atom is -0.0991 e. The molecule has 0 saturated heterocycles. The molecule has 0 aromatic carbocycles. The van der Waals surface area contributed by atoms with Gasteiger partial charge in [0.05, 0.1) is 0 Å². The molecule has 0 heteroatoms. The van der Waals surface area contributed by atoms with E-state index in [0.29, 0.717) is 0 Å². The van der Waals surface area contributed by atoms with E-state index < -0.39 is 0 Å². The standard InChI is InChI=1S/C10H16/c1-4-6-7-9-10(3)8-5-2/h4,6-8H,1,5,9H2,2-3H3/b7-6+,10-8+. The SMILES string of the molecule is C=C/C=C/C/C(C)=C/CC. The molecular weight excluding hydrogens is 120 g/mol. The third-order valence-corrected chi connectivity index (χ3v) is 1.26. The maximum absolute atomic E-state index is 3.60. The van der Waals surface area contributed by atoms with Crippen LogP contribution in [0.25, 0.3) is 0 Å². The zero-order valence-electron chi connectivity index (χ0n) is 6.93. The van der Waals surface area contributed by atoms with Crippen molar-refractivity contribution in [2.45, 2.75) is 26.7 Å². The molecule has 0 heterocycles. The third kappa shape index (κ3) is 5.36. The number of allylic oxidation sites excluding steroid dienone is 5. The van der Waals surface area contributed by atoms with Crippen LogP contribution in [0.15, 0.2) is 36.5 Å². The van der Waals surface area contributed by atoms with E-state index in [1.807, 2.05) is 6.08 Å². The van der Waals surface area contributed by atoms with Crippen LogP contribution in [0.2, 0.25) is 0 Å². The van der Waals surface area contributed by atoms with Gasteiger partial charge in [0.25, 0.3) is 0 Å². The summed E-state index contributed by atoms with van der Waals surface area (Å²) in [6.45, 7) is 7.90. The first kappa shape index (κ1) is 9.22. The van der Waals surface area contributed by atoms with Gasteiger partial charge in [0.1, 0.15) is 0 Å². The minimum atomic E-state index is 1.06. The summed E-state index contributed by atoms with van der Waals surface area (Å²) >= 11 is 0. The molecule has 0 aliphatic heterocycles. The Labute approximate surface area is 64.0 Å². The van der Waals surface area contributed by atoms with Crippen molar-refractivity contribution in [2.75, 3.05) is 0 Å². The van der Waals surface area contributed by atoms with Crippen molar-refractivity contribution in [1.29, 1.82) is 0 Å². The molecule has 0 aliphatic rings. The van der Waals surface area contributed by atoms with Crippen LogP contribution in [0.5, 0.6) is 0 Å². The van der Waals surface area contributed by atoms with Gasteiger partial charge in [-0.3, -0.25) is 0 Å². The zero-order valence-corrected chi connectivity index (χ0v) is 6.93. The molecule has 0 rings (SSSR count). The van der Waals surface area contributed by atoms with Crippen molar-refractivity contribution in [2.24, 2.45) is 0 Å². The van der Waals surface area contributed by atoms with Crippen LogP contribution in [0.4, 0.5) is 0 Å². The molecular formula is C10H16. The van der Waals surface area contributed by atoms with Crippen LogP contribution in [-0.4, -0.2) is 0 Å². The van der Waals surface area contributed by atoms with Crippen LogP contribution in [0.3, 0.4) is 0 Å². The summed E-state index contributed by atoms with van der Waals surface area (Å²) < 4.78 is 0. The van der Waals surface area contributed by atoms with Crippen molar-refractivity contribution in [3.63, 3.8) is 0 Å². The van der Waals surface area contributed by atoms with E-state index >= 15 is 0 Å². The normalized spacial score (nSPS) is 12.4. The summed E-state index contributed by atoms with van der Waals surface area (Å²) in [5.74, 6) is 0. The van der Waals surface area contributed by atoms with Crippen LogP contribution in [-0.2, 0) is 0 Å². The summed E-state index contributed by atoms with van der Waals surface area (Å²) in [6, 6.07) is 0. The third-order valence-electron chi connectivity index (χ3n) is 1.26. The molecule has 0 saturated carbocycles. The molecule has 0 atom stereocenters. The highest BCUT2D eigenvalue weighted by molar-refractivity contribution is 5.07. The Morgan fingerprint density at radius 3 is 2.70 bits per heavy atom. The lowest BCUT2D eigenvalue weighted by molar-refractivity contribution is 1.12. The molecule has 0 unspecified atom stereocenters. The van der Waals surface area contributed by atoms with Gasteiger partial charge in [0.15, 0.2) is 0 Å².